The molecule has 39 heavy (non-hydrogen) atoms. The fourth-order valence-electron chi connectivity index (χ4n) is 4.22. The quantitative estimate of drug-likeness (QED) is 0.160. The van der Waals surface area contributed by atoms with Crippen molar-refractivity contribution in [3.63, 3.8) is 0 Å². The number of carbonyl (C=O) groups excluding carboxylic acids is 1. The summed E-state index contributed by atoms with van der Waals surface area (Å²) in [4.78, 5) is 33.0. The zero-order valence-corrected chi connectivity index (χ0v) is 28.3. The Morgan fingerprint density at radius 3 is 2.67 bits per heavy atom. The molecule has 6 nitrogen and oxygen atoms in total. The molecule has 1 aliphatic rings. The zero-order valence-electron chi connectivity index (χ0n) is 20.7. The van der Waals surface area contributed by atoms with E-state index in [9.17, 15) is 9.59 Å². The van der Waals surface area contributed by atoms with Crippen LogP contribution in [0.4, 0.5) is 0 Å². The monoisotopic (exact) mass is 846 g/mol. The van der Waals surface area contributed by atoms with Gasteiger partial charge in [0.05, 0.1) is 26.0 Å². The van der Waals surface area contributed by atoms with Crippen molar-refractivity contribution in [3.05, 3.63) is 112 Å². The molecular formula is C28H21BrI2N2O4S2. The van der Waals surface area contributed by atoms with Gasteiger partial charge in [0.1, 0.15) is 18.4 Å². The van der Waals surface area contributed by atoms with Crippen molar-refractivity contribution >= 4 is 95.8 Å². The summed E-state index contributed by atoms with van der Waals surface area (Å²) in [5.41, 5.74) is 2.58. The molecule has 0 N–H and O–H groups in total. The van der Waals surface area contributed by atoms with Crippen LogP contribution in [0.15, 0.2) is 79.4 Å². The molecule has 1 atom stereocenters. The highest BCUT2D eigenvalue weighted by molar-refractivity contribution is 14.1. The lowest BCUT2D eigenvalue weighted by Gasteiger charge is -2.23. The molecule has 4 aromatic rings. The predicted molar refractivity (Wildman–Crippen MR) is 175 cm³/mol. The van der Waals surface area contributed by atoms with Gasteiger partial charge in [-0.3, -0.25) is 9.36 Å². The summed E-state index contributed by atoms with van der Waals surface area (Å²) in [6.07, 6.45) is 1.86. The minimum Gasteiger partial charge on any atom is -0.487 e. The van der Waals surface area contributed by atoms with E-state index in [4.69, 9.17) is 9.47 Å². The molecule has 0 bridgehead atoms. The number of halogens is 3. The average Bonchev–Trinajstić information content (AvgIpc) is 3.52. The number of thiophene rings is 1. The Labute approximate surface area is 268 Å². The first kappa shape index (κ1) is 28.7. The molecule has 200 valence electrons. The van der Waals surface area contributed by atoms with E-state index in [2.05, 4.69) is 66.1 Å². The Morgan fingerprint density at radius 2 is 1.97 bits per heavy atom. The second-order valence-corrected chi connectivity index (χ2v) is 13.9. The van der Waals surface area contributed by atoms with E-state index in [1.54, 1.807) is 18.4 Å². The molecule has 1 aliphatic heterocycles. The Kier molecular flexibility index (Phi) is 9.11. The highest BCUT2D eigenvalue weighted by Gasteiger charge is 2.34. The Bertz CT molecular complexity index is 1760. The van der Waals surface area contributed by atoms with Crippen LogP contribution in [0, 0.1) is 7.14 Å². The van der Waals surface area contributed by atoms with Gasteiger partial charge < -0.3 is 9.47 Å². The number of hydrogen-bond acceptors (Lipinski definition) is 7. The number of aromatic nitrogens is 1. The van der Waals surface area contributed by atoms with Crippen LogP contribution >= 0.6 is 83.8 Å². The van der Waals surface area contributed by atoms with E-state index >= 15 is 0 Å². The minimum absolute atomic E-state index is 0.209. The Hall–Kier alpha value is -1.81. The molecule has 0 amide bonds. The van der Waals surface area contributed by atoms with Crippen molar-refractivity contribution in [2.75, 3.05) is 6.61 Å². The van der Waals surface area contributed by atoms with Crippen molar-refractivity contribution in [2.45, 2.75) is 26.5 Å². The molecule has 0 unspecified atom stereocenters. The summed E-state index contributed by atoms with van der Waals surface area (Å²) in [5.74, 6) is 0.255. The first-order chi connectivity index (χ1) is 18.8. The second kappa shape index (κ2) is 12.4. The molecule has 5 rings (SSSR count). The first-order valence-corrected chi connectivity index (χ1v) is 16.5. The Balaban J connectivity index is 1.62. The number of ether oxygens (including phenoxy) is 2. The summed E-state index contributed by atoms with van der Waals surface area (Å²) in [6.45, 7) is 4.19. The molecule has 0 spiro atoms. The van der Waals surface area contributed by atoms with Crippen molar-refractivity contribution in [3.8, 4) is 5.75 Å². The van der Waals surface area contributed by atoms with Crippen LogP contribution in [0.1, 0.15) is 35.9 Å². The normalized spacial score (nSPS) is 15.2. The van der Waals surface area contributed by atoms with Gasteiger partial charge in [0.2, 0.25) is 0 Å². The molecule has 3 heterocycles. The summed E-state index contributed by atoms with van der Waals surface area (Å²) < 4.78 is 16.8. The standard InChI is InChI=1S/C28H21BrI2N2O4S2/c1-3-36-27(35)23-15(2)32-28-33(24(23)21-5-4-10-38-21)26(34)22(39-28)12-17-11-19(30)13-20(31)25(17)37-14-16-6-8-18(29)9-7-16/h4-13,24H,3,14H2,1-2H3/b22-12-/t24-/m0/s1. The van der Waals surface area contributed by atoms with Gasteiger partial charge in [-0.25, -0.2) is 9.79 Å². The van der Waals surface area contributed by atoms with E-state index in [1.807, 2.05) is 60.0 Å². The lowest BCUT2D eigenvalue weighted by molar-refractivity contribution is -0.139. The topological polar surface area (TPSA) is 69.9 Å². The number of esters is 1. The van der Waals surface area contributed by atoms with E-state index in [0.29, 0.717) is 33.0 Å². The molecular weight excluding hydrogens is 826 g/mol. The van der Waals surface area contributed by atoms with Crippen LogP contribution in [0.2, 0.25) is 0 Å². The van der Waals surface area contributed by atoms with Crippen LogP contribution in [-0.2, 0) is 16.1 Å². The fourth-order valence-corrected chi connectivity index (χ4v) is 8.40. The SMILES string of the molecule is CCOC(=O)C1=C(C)N=c2s/c(=C\c3cc(I)cc(I)c3OCc3ccc(Br)cc3)c(=O)n2[C@H]1c1cccs1. The van der Waals surface area contributed by atoms with E-state index in [-0.39, 0.29) is 12.2 Å². The molecule has 2 aromatic carbocycles. The number of thiazole rings is 1. The maximum atomic E-state index is 13.9. The average molecular weight is 847 g/mol. The molecule has 0 saturated carbocycles. The van der Waals surface area contributed by atoms with Crippen molar-refractivity contribution < 1.29 is 14.3 Å². The smallest absolute Gasteiger partial charge is 0.338 e. The molecule has 0 aliphatic carbocycles. The maximum absolute atomic E-state index is 13.9. The summed E-state index contributed by atoms with van der Waals surface area (Å²) >= 11 is 10.8. The van der Waals surface area contributed by atoms with Gasteiger partial charge in [-0.1, -0.05) is 45.5 Å². The summed E-state index contributed by atoms with van der Waals surface area (Å²) in [5, 5.41) is 1.94. The molecule has 0 radical (unpaired) electrons. The number of rotatable bonds is 7. The number of nitrogens with zero attached hydrogens (tertiary/aromatic N) is 2. The number of benzene rings is 2. The van der Waals surface area contributed by atoms with Gasteiger partial charge >= 0.3 is 5.97 Å². The maximum Gasteiger partial charge on any atom is 0.338 e. The van der Waals surface area contributed by atoms with Crippen molar-refractivity contribution in [2.24, 2.45) is 4.99 Å². The van der Waals surface area contributed by atoms with Gasteiger partial charge in [-0.15, -0.1) is 11.3 Å². The van der Waals surface area contributed by atoms with E-state index in [1.165, 1.54) is 22.7 Å². The zero-order chi connectivity index (χ0) is 27.7. The number of allylic oxidation sites excluding steroid dienone is 1. The van der Waals surface area contributed by atoms with E-state index < -0.39 is 12.0 Å². The number of hydrogen-bond donors (Lipinski definition) is 0. The summed E-state index contributed by atoms with van der Waals surface area (Å²) in [7, 11) is 0. The lowest BCUT2D eigenvalue weighted by atomic mass is 10.0. The van der Waals surface area contributed by atoms with Gasteiger partial charge in [-0.2, -0.15) is 0 Å². The highest BCUT2D eigenvalue weighted by atomic mass is 127. The van der Waals surface area contributed by atoms with Crippen LogP contribution in [0.3, 0.4) is 0 Å². The second-order valence-electron chi connectivity index (χ2n) is 8.54. The summed E-state index contributed by atoms with van der Waals surface area (Å²) in [6, 6.07) is 15.3. The van der Waals surface area contributed by atoms with Gasteiger partial charge in [0.25, 0.3) is 5.56 Å². The van der Waals surface area contributed by atoms with Gasteiger partial charge in [0, 0.05) is 18.5 Å². The fraction of sp³-hybridized carbons (Fsp3) is 0.179. The van der Waals surface area contributed by atoms with Crippen molar-refractivity contribution in [1.82, 2.24) is 4.57 Å². The van der Waals surface area contributed by atoms with Crippen LogP contribution < -0.4 is 19.6 Å². The minimum atomic E-state index is -0.591. The van der Waals surface area contributed by atoms with Gasteiger partial charge in [-0.05, 0) is 106 Å². The van der Waals surface area contributed by atoms with Crippen LogP contribution in [0.25, 0.3) is 6.08 Å². The molecule has 0 fully saturated rings. The molecule has 2 aromatic heterocycles. The third-order valence-corrected chi connectivity index (χ3v) is 9.81. The third-order valence-electron chi connectivity index (χ3n) is 5.95. The van der Waals surface area contributed by atoms with Crippen LogP contribution in [-0.4, -0.2) is 17.1 Å². The third kappa shape index (κ3) is 6.11. The van der Waals surface area contributed by atoms with Crippen molar-refractivity contribution in [1.29, 1.82) is 0 Å². The number of fused-ring (bicyclic) bond motifs is 1. The Morgan fingerprint density at radius 1 is 1.21 bits per heavy atom. The van der Waals surface area contributed by atoms with Gasteiger partial charge in [0.15, 0.2) is 4.80 Å². The first-order valence-electron chi connectivity index (χ1n) is 11.9. The highest BCUT2D eigenvalue weighted by Crippen LogP contribution is 2.33. The lowest BCUT2D eigenvalue weighted by Crippen LogP contribution is -2.39. The molecule has 11 heteroatoms. The predicted octanol–water partition coefficient (Wildman–Crippen LogP) is 6.41. The number of carbonyl (C=O) groups is 1. The van der Waals surface area contributed by atoms with Crippen LogP contribution in [0.5, 0.6) is 5.75 Å². The molecule has 0 saturated heterocycles. The van der Waals surface area contributed by atoms with E-state index in [0.717, 1.165) is 27.6 Å². The largest absolute Gasteiger partial charge is 0.487 e.